The van der Waals surface area contributed by atoms with E-state index in [1.54, 1.807) is 0 Å². The zero-order valence-corrected chi connectivity index (χ0v) is 11.7. The number of piperidine rings is 1. The van der Waals surface area contributed by atoms with Crippen molar-refractivity contribution in [2.45, 2.75) is 65.6 Å². The SMILES string of the molecule is CC(C)[C@@H]1C(CN)[C@@]2(C)CC2N1C(C)(C)C. The van der Waals surface area contributed by atoms with E-state index in [-0.39, 0.29) is 5.54 Å². The molecule has 2 fully saturated rings. The van der Waals surface area contributed by atoms with Gasteiger partial charge in [-0.3, -0.25) is 4.90 Å². The van der Waals surface area contributed by atoms with Gasteiger partial charge in [0.2, 0.25) is 0 Å². The number of fused-ring (bicyclic) bond motifs is 1. The minimum Gasteiger partial charge on any atom is -0.330 e. The van der Waals surface area contributed by atoms with Gasteiger partial charge in [0.05, 0.1) is 0 Å². The van der Waals surface area contributed by atoms with Crippen molar-refractivity contribution < 1.29 is 0 Å². The normalized spacial score (nSPS) is 43.9. The summed E-state index contributed by atoms with van der Waals surface area (Å²) in [5.74, 6) is 1.40. The number of nitrogens with zero attached hydrogens (tertiary/aromatic N) is 1. The van der Waals surface area contributed by atoms with E-state index in [9.17, 15) is 0 Å². The van der Waals surface area contributed by atoms with Crippen molar-refractivity contribution in [1.29, 1.82) is 0 Å². The first kappa shape index (κ1) is 12.4. The highest BCUT2D eigenvalue weighted by molar-refractivity contribution is 5.21. The fraction of sp³-hybridized carbons (Fsp3) is 1.00. The third kappa shape index (κ3) is 1.53. The van der Waals surface area contributed by atoms with Crippen LogP contribution in [-0.2, 0) is 0 Å². The van der Waals surface area contributed by atoms with Crippen molar-refractivity contribution in [3.8, 4) is 0 Å². The maximum Gasteiger partial charge on any atom is 0.0173 e. The quantitative estimate of drug-likeness (QED) is 0.781. The first-order valence-electron chi connectivity index (χ1n) is 6.72. The molecule has 1 saturated heterocycles. The third-order valence-electron chi connectivity index (χ3n) is 4.86. The van der Waals surface area contributed by atoms with Crippen LogP contribution in [0.2, 0.25) is 0 Å². The molecule has 0 aromatic rings. The molecule has 4 atom stereocenters. The van der Waals surface area contributed by atoms with Crippen LogP contribution in [0.25, 0.3) is 0 Å². The van der Waals surface area contributed by atoms with Crippen molar-refractivity contribution in [2.24, 2.45) is 23.0 Å². The number of hydrogen-bond acceptors (Lipinski definition) is 2. The molecule has 1 saturated carbocycles. The van der Waals surface area contributed by atoms with Gasteiger partial charge in [0.25, 0.3) is 0 Å². The fourth-order valence-corrected chi connectivity index (χ4v) is 4.07. The van der Waals surface area contributed by atoms with Crippen LogP contribution in [0.15, 0.2) is 0 Å². The van der Waals surface area contributed by atoms with E-state index < -0.39 is 0 Å². The summed E-state index contributed by atoms with van der Waals surface area (Å²) in [6.45, 7) is 15.0. The van der Waals surface area contributed by atoms with Crippen molar-refractivity contribution in [1.82, 2.24) is 4.90 Å². The van der Waals surface area contributed by atoms with Crippen molar-refractivity contribution in [2.75, 3.05) is 6.54 Å². The lowest BCUT2D eigenvalue weighted by atomic mass is 9.81. The Morgan fingerprint density at radius 1 is 1.38 bits per heavy atom. The Labute approximate surface area is 101 Å². The molecule has 1 aliphatic heterocycles. The summed E-state index contributed by atoms with van der Waals surface area (Å²) >= 11 is 0. The van der Waals surface area contributed by atoms with Crippen LogP contribution in [0.1, 0.15) is 48.0 Å². The fourth-order valence-electron chi connectivity index (χ4n) is 4.07. The molecule has 2 nitrogen and oxygen atoms in total. The maximum atomic E-state index is 6.04. The van der Waals surface area contributed by atoms with E-state index in [4.69, 9.17) is 5.73 Å². The molecule has 0 amide bonds. The van der Waals surface area contributed by atoms with Crippen LogP contribution in [-0.4, -0.2) is 29.1 Å². The van der Waals surface area contributed by atoms with Gasteiger partial charge < -0.3 is 5.73 Å². The first-order valence-corrected chi connectivity index (χ1v) is 6.72. The van der Waals surface area contributed by atoms with Crippen LogP contribution in [0.5, 0.6) is 0 Å². The Morgan fingerprint density at radius 2 is 1.94 bits per heavy atom. The van der Waals surface area contributed by atoms with Gasteiger partial charge in [0.1, 0.15) is 0 Å². The zero-order valence-electron chi connectivity index (χ0n) is 11.7. The highest BCUT2D eigenvalue weighted by Gasteiger charge is 2.68. The van der Waals surface area contributed by atoms with Gasteiger partial charge in [-0.2, -0.15) is 0 Å². The molecule has 0 radical (unpaired) electrons. The van der Waals surface area contributed by atoms with Crippen molar-refractivity contribution in [3.63, 3.8) is 0 Å². The molecule has 2 rings (SSSR count). The van der Waals surface area contributed by atoms with Gasteiger partial charge in [-0.1, -0.05) is 20.8 Å². The molecule has 0 aromatic heterocycles. The van der Waals surface area contributed by atoms with E-state index in [1.165, 1.54) is 6.42 Å². The molecule has 2 N–H and O–H groups in total. The molecule has 0 aromatic carbocycles. The molecule has 2 heteroatoms. The van der Waals surface area contributed by atoms with E-state index in [0.29, 0.717) is 23.3 Å². The highest BCUT2D eigenvalue weighted by atomic mass is 15.3. The van der Waals surface area contributed by atoms with Gasteiger partial charge in [0, 0.05) is 17.6 Å². The van der Waals surface area contributed by atoms with Gasteiger partial charge >= 0.3 is 0 Å². The van der Waals surface area contributed by atoms with E-state index in [0.717, 1.165) is 12.6 Å². The Bertz CT molecular complexity index is 279. The average Bonchev–Trinajstić information content (AvgIpc) is 2.68. The standard InChI is InChI=1S/C14H28N2/c1-9(2)12-10(8-15)14(6)7-11(14)16(12)13(3,4)5/h9-12H,7-8,15H2,1-6H3/t10?,11?,12-,14-/m1/s1. The summed E-state index contributed by atoms with van der Waals surface area (Å²) in [6, 6.07) is 1.46. The summed E-state index contributed by atoms with van der Waals surface area (Å²) in [5, 5.41) is 0. The summed E-state index contributed by atoms with van der Waals surface area (Å²) < 4.78 is 0. The van der Waals surface area contributed by atoms with Gasteiger partial charge in [-0.25, -0.2) is 0 Å². The summed E-state index contributed by atoms with van der Waals surface area (Å²) in [5.41, 5.74) is 6.83. The summed E-state index contributed by atoms with van der Waals surface area (Å²) in [7, 11) is 0. The van der Waals surface area contributed by atoms with Crippen LogP contribution < -0.4 is 5.73 Å². The van der Waals surface area contributed by atoms with Gasteiger partial charge in [-0.15, -0.1) is 0 Å². The zero-order chi connectivity index (χ0) is 12.3. The lowest BCUT2D eigenvalue weighted by Crippen LogP contribution is -2.51. The average molecular weight is 224 g/mol. The molecule has 0 spiro atoms. The van der Waals surface area contributed by atoms with E-state index >= 15 is 0 Å². The second-order valence-electron chi connectivity index (χ2n) is 7.38. The molecular weight excluding hydrogens is 196 g/mol. The van der Waals surface area contributed by atoms with E-state index in [1.807, 2.05) is 0 Å². The van der Waals surface area contributed by atoms with Gasteiger partial charge in [-0.05, 0) is 51.0 Å². The first-order chi connectivity index (χ1) is 7.23. The predicted molar refractivity (Wildman–Crippen MR) is 69.3 cm³/mol. The minimum atomic E-state index is 0.279. The van der Waals surface area contributed by atoms with E-state index in [2.05, 4.69) is 46.4 Å². The summed E-state index contributed by atoms with van der Waals surface area (Å²) in [6.07, 6.45) is 1.36. The molecule has 2 unspecified atom stereocenters. The number of likely N-dealkylation sites (tertiary alicyclic amines) is 1. The smallest absolute Gasteiger partial charge is 0.0173 e. The van der Waals surface area contributed by atoms with Crippen LogP contribution in [0.4, 0.5) is 0 Å². The largest absolute Gasteiger partial charge is 0.330 e. The molecule has 16 heavy (non-hydrogen) atoms. The van der Waals surface area contributed by atoms with Crippen LogP contribution >= 0.6 is 0 Å². The van der Waals surface area contributed by atoms with Gasteiger partial charge in [0.15, 0.2) is 0 Å². The van der Waals surface area contributed by atoms with Crippen LogP contribution in [0.3, 0.4) is 0 Å². The molecular formula is C14H28N2. The Kier molecular flexibility index (Phi) is 2.67. The maximum absolute atomic E-state index is 6.04. The highest BCUT2D eigenvalue weighted by Crippen LogP contribution is 2.64. The van der Waals surface area contributed by atoms with Crippen LogP contribution in [0, 0.1) is 17.3 Å². The second kappa shape index (κ2) is 3.46. The Balaban J connectivity index is 2.32. The topological polar surface area (TPSA) is 29.3 Å². The minimum absolute atomic E-state index is 0.279. The molecule has 2 aliphatic rings. The third-order valence-corrected chi connectivity index (χ3v) is 4.86. The second-order valence-corrected chi connectivity index (χ2v) is 7.38. The summed E-state index contributed by atoms with van der Waals surface area (Å²) in [4.78, 5) is 2.76. The predicted octanol–water partition coefficient (Wildman–Crippen LogP) is 2.48. The Hall–Kier alpha value is -0.0800. The number of nitrogens with two attached hydrogens (primary N) is 1. The Morgan fingerprint density at radius 3 is 2.31 bits per heavy atom. The lowest BCUT2D eigenvalue weighted by molar-refractivity contribution is 0.0515. The molecule has 1 heterocycles. The lowest BCUT2D eigenvalue weighted by Gasteiger charge is -2.43. The molecule has 94 valence electrons. The molecule has 1 aliphatic carbocycles. The van der Waals surface area contributed by atoms with Crippen molar-refractivity contribution >= 4 is 0 Å². The number of rotatable bonds is 2. The van der Waals surface area contributed by atoms with Crippen molar-refractivity contribution in [3.05, 3.63) is 0 Å². The monoisotopic (exact) mass is 224 g/mol. The number of hydrogen-bond donors (Lipinski definition) is 1. The molecule has 0 bridgehead atoms.